The maximum absolute atomic E-state index is 12.4. The molecule has 0 N–H and O–H groups in total. The average Bonchev–Trinajstić information content (AvgIpc) is 2.78. The van der Waals surface area contributed by atoms with Crippen LogP contribution in [0.25, 0.3) is 10.9 Å². The second kappa shape index (κ2) is 4.93. The van der Waals surface area contributed by atoms with Gasteiger partial charge in [0.1, 0.15) is 11.5 Å². The molecule has 0 spiro atoms. The summed E-state index contributed by atoms with van der Waals surface area (Å²) < 4.78 is 5.43. The number of pyridine rings is 1. The molecule has 2 aromatic heterocycles. The molecule has 0 bridgehead atoms. The first kappa shape index (κ1) is 12.6. The van der Waals surface area contributed by atoms with E-state index >= 15 is 0 Å². The van der Waals surface area contributed by atoms with E-state index in [2.05, 4.69) is 4.98 Å². The zero-order chi connectivity index (χ0) is 14.1. The van der Waals surface area contributed by atoms with Crippen molar-refractivity contribution in [2.75, 3.05) is 0 Å². The number of hydrogen-bond acceptors (Lipinski definition) is 3. The fraction of sp³-hybridized carbons (Fsp3) is 0.176. The van der Waals surface area contributed by atoms with E-state index in [1.54, 1.807) is 12.3 Å². The third kappa shape index (κ3) is 2.23. The van der Waals surface area contributed by atoms with Gasteiger partial charge in [-0.3, -0.25) is 9.78 Å². The summed E-state index contributed by atoms with van der Waals surface area (Å²) in [5.74, 6) is 1.53. The number of para-hydroxylation sites is 1. The molecule has 0 aliphatic carbocycles. The Kier molecular flexibility index (Phi) is 3.11. The molecule has 3 nitrogen and oxygen atoms in total. The molecule has 3 heteroatoms. The number of furan rings is 1. The average molecular weight is 265 g/mol. The lowest BCUT2D eigenvalue weighted by atomic mass is 10.0. The van der Waals surface area contributed by atoms with E-state index in [4.69, 9.17) is 4.42 Å². The van der Waals surface area contributed by atoms with E-state index < -0.39 is 0 Å². The van der Waals surface area contributed by atoms with Crippen molar-refractivity contribution in [1.82, 2.24) is 4.98 Å². The monoisotopic (exact) mass is 265 g/mol. The van der Waals surface area contributed by atoms with Crippen LogP contribution in [-0.2, 0) is 6.42 Å². The van der Waals surface area contributed by atoms with Crippen molar-refractivity contribution >= 4 is 16.7 Å². The first-order chi connectivity index (χ1) is 9.65. The quantitative estimate of drug-likeness (QED) is 0.675. The number of rotatable bonds is 3. The molecule has 0 amide bonds. The predicted octanol–water partition coefficient (Wildman–Crippen LogP) is 3.87. The molecule has 2 heterocycles. The lowest BCUT2D eigenvalue weighted by Crippen LogP contribution is -2.04. The van der Waals surface area contributed by atoms with Crippen LogP contribution in [0.15, 0.2) is 47.0 Å². The molecular formula is C17H15NO2. The van der Waals surface area contributed by atoms with E-state index in [0.717, 1.165) is 22.2 Å². The second-order valence-corrected chi connectivity index (χ2v) is 4.91. The maximum atomic E-state index is 12.4. The summed E-state index contributed by atoms with van der Waals surface area (Å²) in [5.41, 5.74) is 2.58. The van der Waals surface area contributed by atoms with Crippen molar-refractivity contribution in [3.8, 4) is 0 Å². The third-order valence-electron chi connectivity index (χ3n) is 3.43. The van der Waals surface area contributed by atoms with Gasteiger partial charge < -0.3 is 4.42 Å². The van der Waals surface area contributed by atoms with E-state index in [9.17, 15) is 4.79 Å². The Morgan fingerprint density at radius 3 is 2.75 bits per heavy atom. The topological polar surface area (TPSA) is 43.1 Å². The van der Waals surface area contributed by atoms with Crippen LogP contribution in [0.3, 0.4) is 0 Å². The fourth-order valence-electron chi connectivity index (χ4n) is 2.49. The largest absolute Gasteiger partial charge is 0.466 e. The molecule has 0 saturated carbocycles. The van der Waals surface area contributed by atoms with Crippen LogP contribution >= 0.6 is 0 Å². The van der Waals surface area contributed by atoms with Gasteiger partial charge in [-0.15, -0.1) is 0 Å². The van der Waals surface area contributed by atoms with Gasteiger partial charge in [-0.05, 0) is 37.6 Å². The molecule has 3 rings (SSSR count). The van der Waals surface area contributed by atoms with Gasteiger partial charge in [0, 0.05) is 18.0 Å². The summed E-state index contributed by atoms with van der Waals surface area (Å²) in [6.45, 7) is 3.68. The molecule has 0 aliphatic heterocycles. The Balaban J connectivity index is 1.97. The molecule has 0 atom stereocenters. The normalized spacial score (nSPS) is 10.9. The number of fused-ring (bicyclic) bond motifs is 1. The Morgan fingerprint density at radius 1 is 1.20 bits per heavy atom. The van der Waals surface area contributed by atoms with Crippen LogP contribution in [0.1, 0.15) is 27.4 Å². The van der Waals surface area contributed by atoms with Crippen LogP contribution in [0.2, 0.25) is 0 Å². The van der Waals surface area contributed by atoms with Crippen molar-refractivity contribution in [3.05, 3.63) is 65.2 Å². The number of aryl methyl sites for hydroxylation is 2. The smallest absolute Gasteiger partial charge is 0.170 e. The number of Topliss-reactive ketones (excluding diaryl/α,β-unsaturated/α-hetero) is 1. The molecule has 0 aliphatic rings. The first-order valence-electron chi connectivity index (χ1n) is 6.58. The lowest BCUT2D eigenvalue weighted by Gasteiger charge is -2.04. The summed E-state index contributed by atoms with van der Waals surface area (Å²) in [6, 6.07) is 11.6. The van der Waals surface area contributed by atoms with E-state index in [0.29, 0.717) is 17.7 Å². The predicted molar refractivity (Wildman–Crippen MR) is 78.0 cm³/mol. The summed E-state index contributed by atoms with van der Waals surface area (Å²) >= 11 is 0. The molecule has 3 aromatic rings. The minimum Gasteiger partial charge on any atom is -0.466 e. The Bertz CT molecular complexity index is 781. The van der Waals surface area contributed by atoms with Crippen LogP contribution in [0.5, 0.6) is 0 Å². The lowest BCUT2D eigenvalue weighted by molar-refractivity contribution is 0.0992. The van der Waals surface area contributed by atoms with Gasteiger partial charge in [-0.2, -0.15) is 0 Å². The summed E-state index contributed by atoms with van der Waals surface area (Å²) in [4.78, 5) is 16.7. The first-order valence-corrected chi connectivity index (χ1v) is 6.58. The van der Waals surface area contributed by atoms with Gasteiger partial charge in [0.25, 0.3) is 0 Å². The van der Waals surface area contributed by atoms with Crippen molar-refractivity contribution in [3.63, 3.8) is 0 Å². The summed E-state index contributed by atoms with van der Waals surface area (Å²) in [5, 5.41) is 1.03. The number of carbonyl (C=O) groups is 1. The highest BCUT2D eigenvalue weighted by Crippen LogP contribution is 2.20. The molecular weight excluding hydrogens is 250 g/mol. The van der Waals surface area contributed by atoms with Crippen molar-refractivity contribution in [2.45, 2.75) is 20.3 Å². The summed E-state index contributed by atoms with van der Waals surface area (Å²) in [7, 11) is 0. The van der Waals surface area contributed by atoms with Gasteiger partial charge >= 0.3 is 0 Å². The zero-order valence-corrected chi connectivity index (χ0v) is 11.5. The summed E-state index contributed by atoms with van der Waals surface area (Å²) in [6.07, 6.45) is 2.11. The van der Waals surface area contributed by atoms with Crippen molar-refractivity contribution < 1.29 is 9.21 Å². The maximum Gasteiger partial charge on any atom is 0.170 e. The number of hydrogen-bond donors (Lipinski definition) is 0. The van der Waals surface area contributed by atoms with Gasteiger partial charge in [0.15, 0.2) is 5.78 Å². The molecule has 0 unspecified atom stereocenters. The third-order valence-corrected chi connectivity index (χ3v) is 3.43. The number of carbonyl (C=O) groups excluding carboxylic acids is 1. The molecule has 0 saturated heterocycles. The van der Waals surface area contributed by atoms with Crippen LogP contribution < -0.4 is 0 Å². The fourth-order valence-corrected chi connectivity index (χ4v) is 2.49. The molecule has 1 aromatic carbocycles. The molecule has 100 valence electrons. The Morgan fingerprint density at radius 2 is 2.00 bits per heavy atom. The number of benzene rings is 1. The second-order valence-electron chi connectivity index (χ2n) is 4.91. The van der Waals surface area contributed by atoms with Gasteiger partial charge in [0.05, 0.1) is 11.1 Å². The Hall–Kier alpha value is -2.42. The van der Waals surface area contributed by atoms with Gasteiger partial charge in [-0.1, -0.05) is 18.2 Å². The minimum absolute atomic E-state index is 0.0794. The number of ketones is 1. The minimum atomic E-state index is 0.0794. The van der Waals surface area contributed by atoms with Crippen LogP contribution in [-0.4, -0.2) is 10.8 Å². The van der Waals surface area contributed by atoms with Crippen molar-refractivity contribution in [1.29, 1.82) is 0 Å². The highest BCUT2D eigenvalue weighted by atomic mass is 16.3. The number of nitrogens with zero attached hydrogens (tertiary/aromatic N) is 1. The van der Waals surface area contributed by atoms with Crippen molar-refractivity contribution in [2.24, 2.45) is 0 Å². The molecule has 0 fully saturated rings. The van der Waals surface area contributed by atoms with E-state index in [-0.39, 0.29) is 5.78 Å². The van der Waals surface area contributed by atoms with Gasteiger partial charge in [-0.25, -0.2) is 0 Å². The Labute approximate surface area is 117 Å². The standard InChI is InChI=1S/C17H15NO2/c1-11-9-15(12(2)20-11)17(19)10-13-7-8-18-16-6-4-3-5-14(13)16/h3-9H,10H2,1-2H3. The van der Waals surface area contributed by atoms with E-state index in [1.807, 2.05) is 44.2 Å². The van der Waals surface area contributed by atoms with Crippen LogP contribution in [0.4, 0.5) is 0 Å². The van der Waals surface area contributed by atoms with E-state index in [1.165, 1.54) is 0 Å². The highest BCUT2D eigenvalue weighted by Gasteiger charge is 2.15. The van der Waals surface area contributed by atoms with Crippen LogP contribution in [0, 0.1) is 13.8 Å². The van der Waals surface area contributed by atoms with Gasteiger partial charge in [0.2, 0.25) is 0 Å². The molecule has 0 radical (unpaired) electrons. The molecule has 20 heavy (non-hydrogen) atoms. The zero-order valence-electron chi connectivity index (χ0n) is 11.5. The SMILES string of the molecule is Cc1cc(C(=O)Cc2ccnc3ccccc23)c(C)o1. The highest BCUT2D eigenvalue weighted by molar-refractivity contribution is 6.00. The number of aromatic nitrogens is 1.